The number of hydrogen-bond acceptors (Lipinski definition) is 4. The lowest BCUT2D eigenvalue weighted by Gasteiger charge is -2.08. The van der Waals surface area contributed by atoms with Crippen molar-refractivity contribution in [2.45, 2.75) is 17.9 Å². The highest BCUT2D eigenvalue weighted by Gasteiger charge is 2.12. The number of halogens is 1. The summed E-state index contributed by atoms with van der Waals surface area (Å²) in [5.41, 5.74) is 1.86. The van der Waals surface area contributed by atoms with Gasteiger partial charge in [0, 0.05) is 11.8 Å². The van der Waals surface area contributed by atoms with E-state index in [0.717, 1.165) is 0 Å². The molecule has 0 bridgehead atoms. The fourth-order valence-corrected chi connectivity index (χ4v) is 2.57. The summed E-state index contributed by atoms with van der Waals surface area (Å²) in [6.07, 6.45) is 0.945. The van der Waals surface area contributed by atoms with Crippen LogP contribution in [0, 0.1) is 0 Å². The zero-order chi connectivity index (χ0) is 14.9. The molecular weight excluding hydrogens is 300 g/mol. The second kappa shape index (κ2) is 5.49. The third-order valence-electron chi connectivity index (χ3n) is 2.81. The Kier molecular flexibility index (Phi) is 4.10. The molecule has 0 fully saturated rings. The fraction of sp³-hybridized carbons (Fsp3) is 0.154. The Morgan fingerprint density at radius 1 is 1.30 bits per heavy atom. The van der Waals surface area contributed by atoms with Gasteiger partial charge in [0.15, 0.2) is 0 Å². The van der Waals surface area contributed by atoms with Gasteiger partial charge < -0.3 is 5.11 Å². The maximum Gasteiger partial charge on any atom is 0.238 e. The van der Waals surface area contributed by atoms with Gasteiger partial charge in [0.2, 0.25) is 10.0 Å². The lowest BCUT2D eigenvalue weighted by atomic mass is 10.1. The maximum atomic E-state index is 11.2. The third kappa shape index (κ3) is 3.16. The molecule has 0 saturated carbocycles. The molecule has 1 atom stereocenters. The van der Waals surface area contributed by atoms with Gasteiger partial charge in [0.25, 0.3) is 0 Å². The van der Waals surface area contributed by atoms with E-state index in [1.807, 2.05) is 0 Å². The van der Waals surface area contributed by atoms with Crippen LogP contribution in [-0.2, 0) is 10.0 Å². The molecular formula is C13H13ClN2O3S. The van der Waals surface area contributed by atoms with E-state index in [0.29, 0.717) is 16.8 Å². The van der Waals surface area contributed by atoms with Gasteiger partial charge in [-0.05, 0) is 36.8 Å². The number of hydrogen-bond donors (Lipinski definition) is 2. The molecule has 2 aromatic rings. The Hall–Kier alpha value is -1.47. The molecule has 0 amide bonds. The fourth-order valence-electron chi connectivity index (χ4n) is 1.69. The van der Waals surface area contributed by atoms with Crippen molar-refractivity contribution in [1.82, 2.24) is 4.98 Å². The van der Waals surface area contributed by atoms with Gasteiger partial charge in [-0.2, -0.15) is 0 Å². The minimum atomic E-state index is -3.78. The summed E-state index contributed by atoms with van der Waals surface area (Å²) < 4.78 is 22.5. The number of aliphatic hydroxyl groups is 1. The maximum absolute atomic E-state index is 11.2. The number of rotatable bonds is 3. The first-order valence-electron chi connectivity index (χ1n) is 5.76. The highest BCUT2D eigenvalue weighted by Crippen LogP contribution is 2.29. The number of primary sulfonamides is 1. The van der Waals surface area contributed by atoms with E-state index in [9.17, 15) is 13.5 Å². The van der Waals surface area contributed by atoms with Crippen LogP contribution in [0.3, 0.4) is 0 Å². The molecule has 3 N–H and O–H groups in total. The smallest absolute Gasteiger partial charge is 0.238 e. The standard InChI is InChI=1S/C13H13ClN2O3S/c1-8(17)9-2-5-13(16-7-9)11-4-3-10(6-12(11)14)20(15,18)19/h2-8,17H,1H3,(H2,15,18,19)/t8-/m1/s1. The monoisotopic (exact) mass is 312 g/mol. The highest BCUT2D eigenvalue weighted by molar-refractivity contribution is 7.89. The topological polar surface area (TPSA) is 93.3 Å². The predicted molar refractivity (Wildman–Crippen MR) is 76.7 cm³/mol. The van der Waals surface area contributed by atoms with Crippen molar-refractivity contribution in [2.24, 2.45) is 5.14 Å². The van der Waals surface area contributed by atoms with Crippen molar-refractivity contribution in [3.8, 4) is 11.3 Å². The van der Waals surface area contributed by atoms with Gasteiger partial charge >= 0.3 is 0 Å². The molecule has 2 rings (SSSR count). The van der Waals surface area contributed by atoms with Crippen LogP contribution in [0.4, 0.5) is 0 Å². The van der Waals surface area contributed by atoms with Gasteiger partial charge in [0.1, 0.15) is 0 Å². The van der Waals surface area contributed by atoms with Crippen LogP contribution in [0.25, 0.3) is 11.3 Å². The van der Waals surface area contributed by atoms with Crippen LogP contribution < -0.4 is 5.14 Å². The molecule has 20 heavy (non-hydrogen) atoms. The molecule has 7 heteroatoms. The molecule has 106 valence electrons. The normalized spacial score (nSPS) is 13.2. The second-order valence-electron chi connectivity index (χ2n) is 4.34. The van der Waals surface area contributed by atoms with Crippen molar-refractivity contribution in [3.05, 3.63) is 47.1 Å². The molecule has 1 heterocycles. The molecule has 0 aliphatic rings. The Morgan fingerprint density at radius 2 is 2.00 bits per heavy atom. The zero-order valence-corrected chi connectivity index (χ0v) is 12.2. The summed E-state index contributed by atoms with van der Waals surface area (Å²) in [5, 5.41) is 14.7. The summed E-state index contributed by atoms with van der Waals surface area (Å²) in [5.74, 6) is 0. The first-order chi connectivity index (χ1) is 9.29. The number of sulfonamides is 1. The average molecular weight is 313 g/mol. The van der Waals surface area contributed by atoms with Crippen molar-refractivity contribution < 1.29 is 13.5 Å². The molecule has 0 saturated heterocycles. The van der Waals surface area contributed by atoms with Crippen molar-refractivity contribution >= 4 is 21.6 Å². The zero-order valence-electron chi connectivity index (χ0n) is 10.6. The number of pyridine rings is 1. The van der Waals surface area contributed by atoms with Gasteiger partial charge in [-0.25, -0.2) is 13.6 Å². The Balaban J connectivity index is 2.43. The van der Waals surface area contributed by atoms with Gasteiger partial charge in [0.05, 0.1) is 21.7 Å². The lowest BCUT2D eigenvalue weighted by molar-refractivity contribution is 0.199. The summed E-state index contributed by atoms with van der Waals surface area (Å²) in [6, 6.07) is 7.65. The molecule has 5 nitrogen and oxygen atoms in total. The molecule has 1 aromatic carbocycles. The van der Waals surface area contributed by atoms with Crippen LogP contribution in [-0.4, -0.2) is 18.5 Å². The summed E-state index contributed by atoms with van der Waals surface area (Å²) in [4.78, 5) is 4.15. The Morgan fingerprint density at radius 3 is 2.45 bits per heavy atom. The number of benzene rings is 1. The number of aliphatic hydroxyl groups excluding tert-OH is 1. The average Bonchev–Trinajstić information content (AvgIpc) is 2.37. The summed E-state index contributed by atoms with van der Waals surface area (Å²) in [7, 11) is -3.78. The lowest BCUT2D eigenvalue weighted by Crippen LogP contribution is -2.12. The number of aromatic nitrogens is 1. The van der Waals surface area contributed by atoms with Crippen LogP contribution in [0.15, 0.2) is 41.4 Å². The van der Waals surface area contributed by atoms with E-state index in [-0.39, 0.29) is 9.92 Å². The number of nitrogens with zero attached hydrogens (tertiary/aromatic N) is 1. The van der Waals surface area contributed by atoms with Crippen LogP contribution in [0.1, 0.15) is 18.6 Å². The highest BCUT2D eigenvalue weighted by atomic mass is 35.5. The molecule has 0 unspecified atom stereocenters. The molecule has 0 aliphatic carbocycles. The predicted octanol–water partition coefficient (Wildman–Crippen LogP) is 2.10. The molecule has 0 aliphatic heterocycles. The Bertz CT molecular complexity index is 728. The first kappa shape index (κ1) is 14.9. The van der Waals surface area contributed by atoms with E-state index in [1.54, 1.807) is 31.3 Å². The van der Waals surface area contributed by atoms with E-state index in [1.165, 1.54) is 12.1 Å². The van der Waals surface area contributed by atoms with E-state index < -0.39 is 16.1 Å². The SMILES string of the molecule is C[C@@H](O)c1ccc(-c2ccc(S(N)(=O)=O)cc2Cl)nc1. The summed E-state index contributed by atoms with van der Waals surface area (Å²) >= 11 is 6.06. The molecule has 1 aromatic heterocycles. The third-order valence-corrected chi connectivity index (χ3v) is 4.04. The van der Waals surface area contributed by atoms with Gasteiger partial charge in [-0.15, -0.1) is 0 Å². The second-order valence-corrected chi connectivity index (χ2v) is 6.31. The van der Waals surface area contributed by atoms with Crippen LogP contribution in [0.5, 0.6) is 0 Å². The van der Waals surface area contributed by atoms with E-state index >= 15 is 0 Å². The summed E-state index contributed by atoms with van der Waals surface area (Å²) in [6.45, 7) is 1.64. The van der Waals surface area contributed by atoms with Crippen LogP contribution >= 0.6 is 11.6 Å². The van der Waals surface area contributed by atoms with Crippen molar-refractivity contribution in [3.63, 3.8) is 0 Å². The van der Waals surface area contributed by atoms with E-state index in [4.69, 9.17) is 16.7 Å². The van der Waals surface area contributed by atoms with Crippen molar-refractivity contribution in [1.29, 1.82) is 0 Å². The minimum absolute atomic E-state index is 0.0492. The minimum Gasteiger partial charge on any atom is -0.389 e. The first-order valence-corrected chi connectivity index (χ1v) is 7.68. The Labute approximate surface area is 122 Å². The quantitative estimate of drug-likeness (QED) is 0.907. The number of nitrogens with two attached hydrogens (primary N) is 1. The van der Waals surface area contributed by atoms with Gasteiger partial charge in [-0.1, -0.05) is 17.7 Å². The van der Waals surface area contributed by atoms with Crippen LogP contribution in [0.2, 0.25) is 5.02 Å². The van der Waals surface area contributed by atoms with E-state index in [2.05, 4.69) is 4.98 Å². The van der Waals surface area contributed by atoms with Crippen molar-refractivity contribution in [2.75, 3.05) is 0 Å². The molecule has 0 spiro atoms. The molecule has 0 radical (unpaired) electrons. The van der Waals surface area contributed by atoms with Gasteiger partial charge in [-0.3, -0.25) is 4.98 Å². The largest absolute Gasteiger partial charge is 0.389 e.